The van der Waals surface area contributed by atoms with Crippen LogP contribution in [0.5, 0.6) is 0 Å². The van der Waals surface area contributed by atoms with Crippen molar-refractivity contribution in [2.45, 2.75) is 13.5 Å². The number of carbonyl (C=O) groups is 3. The van der Waals surface area contributed by atoms with Crippen LogP contribution in [0, 0.1) is 0 Å². The van der Waals surface area contributed by atoms with Crippen LogP contribution in [-0.4, -0.2) is 46.0 Å². The number of nitrogens with two attached hydrogens (primary N) is 1. The number of amides is 3. The van der Waals surface area contributed by atoms with Gasteiger partial charge in [-0.15, -0.1) is 0 Å². The molecule has 108 valence electrons. The van der Waals surface area contributed by atoms with E-state index in [-0.39, 0.29) is 18.7 Å². The number of pyridine rings is 1. The Bertz CT molecular complexity index is 518. The molecule has 0 aliphatic rings. The van der Waals surface area contributed by atoms with Crippen molar-refractivity contribution >= 4 is 17.9 Å². The molecule has 8 heteroatoms. The predicted octanol–water partition coefficient (Wildman–Crippen LogP) is -0.203. The van der Waals surface area contributed by atoms with Gasteiger partial charge >= 0.3 is 12.0 Å². The molecule has 0 atom stereocenters. The fraction of sp³-hybridized carbons (Fsp3) is 0.333. The van der Waals surface area contributed by atoms with Crippen molar-refractivity contribution in [1.29, 1.82) is 0 Å². The number of rotatable bonds is 6. The number of carboxylic acid groups (broad SMARTS) is 1. The van der Waals surface area contributed by atoms with Crippen LogP contribution in [0.1, 0.15) is 23.0 Å². The molecule has 0 saturated carbocycles. The highest BCUT2D eigenvalue weighted by Gasteiger charge is 2.13. The average Bonchev–Trinajstić information content (AvgIpc) is 2.42. The van der Waals surface area contributed by atoms with E-state index in [0.717, 1.165) is 0 Å². The van der Waals surface area contributed by atoms with Crippen molar-refractivity contribution in [3.63, 3.8) is 0 Å². The van der Waals surface area contributed by atoms with Gasteiger partial charge in [0.2, 0.25) is 5.91 Å². The number of aromatic carboxylic acids is 1. The quantitative estimate of drug-likeness (QED) is 0.665. The maximum Gasteiger partial charge on any atom is 0.335 e. The predicted molar refractivity (Wildman–Crippen MR) is 69.9 cm³/mol. The zero-order valence-corrected chi connectivity index (χ0v) is 11.0. The van der Waals surface area contributed by atoms with E-state index < -0.39 is 17.9 Å². The molecule has 3 amide bonds. The van der Waals surface area contributed by atoms with Crippen molar-refractivity contribution in [1.82, 2.24) is 15.2 Å². The fourth-order valence-corrected chi connectivity index (χ4v) is 1.50. The molecule has 0 unspecified atom stereocenters. The van der Waals surface area contributed by atoms with Crippen molar-refractivity contribution in [2.75, 3.05) is 13.1 Å². The normalized spacial score (nSPS) is 9.85. The minimum atomic E-state index is -1.07. The SMILES string of the molecule is CCN(CC(N)=O)C(=O)NCc1cc(C(=O)O)ccn1. The summed E-state index contributed by atoms with van der Waals surface area (Å²) in [6.07, 6.45) is 1.35. The molecule has 0 bridgehead atoms. The number of hydrogen-bond donors (Lipinski definition) is 3. The van der Waals surface area contributed by atoms with E-state index in [9.17, 15) is 14.4 Å². The van der Waals surface area contributed by atoms with E-state index in [2.05, 4.69) is 10.3 Å². The third-order valence-corrected chi connectivity index (χ3v) is 2.50. The third-order valence-electron chi connectivity index (χ3n) is 2.50. The zero-order valence-electron chi connectivity index (χ0n) is 11.0. The molecule has 0 saturated heterocycles. The van der Waals surface area contributed by atoms with Gasteiger partial charge in [-0.25, -0.2) is 9.59 Å². The Kier molecular flexibility index (Phi) is 5.45. The lowest BCUT2D eigenvalue weighted by molar-refractivity contribution is -0.118. The summed E-state index contributed by atoms with van der Waals surface area (Å²) in [6, 6.07) is 2.26. The highest BCUT2D eigenvalue weighted by atomic mass is 16.4. The van der Waals surface area contributed by atoms with E-state index >= 15 is 0 Å². The maximum absolute atomic E-state index is 11.8. The maximum atomic E-state index is 11.8. The van der Waals surface area contributed by atoms with E-state index in [1.54, 1.807) is 6.92 Å². The zero-order chi connectivity index (χ0) is 15.1. The Hall–Kier alpha value is -2.64. The Morgan fingerprint density at radius 2 is 2.15 bits per heavy atom. The molecule has 1 aromatic heterocycles. The first-order valence-electron chi connectivity index (χ1n) is 5.93. The summed E-state index contributed by atoms with van der Waals surface area (Å²) in [4.78, 5) is 38.5. The Morgan fingerprint density at radius 1 is 1.45 bits per heavy atom. The molecule has 20 heavy (non-hydrogen) atoms. The molecule has 1 aromatic rings. The molecule has 0 aliphatic heterocycles. The summed E-state index contributed by atoms with van der Waals surface area (Å²) in [7, 11) is 0. The standard InChI is InChI=1S/C12H16N4O4/c1-2-16(7-10(13)17)12(20)15-6-9-5-8(11(18)19)3-4-14-9/h3-5H,2,6-7H2,1H3,(H2,13,17)(H,15,20)(H,18,19). The number of nitrogens with one attached hydrogen (secondary N) is 1. The van der Waals surface area contributed by atoms with Crippen LogP contribution in [-0.2, 0) is 11.3 Å². The number of primary amides is 1. The lowest BCUT2D eigenvalue weighted by atomic mass is 10.2. The van der Waals surface area contributed by atoms with Gasteiger partial charge in [0.1, 0.15) is 6.54 Å². The summed E-state index contributed by atoms with van der Waals surface area (Å²) in [5.41, 5.74) is 5.53. The fourth-order valence-electron chi connectivity index (χ4n) is 1.50. The van der Waals surface area contributed by atoms with Crippen LogP contribution < -0.4 is 11.1 Å². The minimum absolute atomic E-state index is 0.0647. The highest BCUT2D eigenvalue weighted by Crippen LogP contribution is 2.02. The van der Waals surface area contributed by atoms with Gasteiger partial charge in [-0.05, 0) is 19.1 Å². The molecule has 0 radical (unpaired) electrons. The van der Waals surface area contributed by atoms with Crippen LogP contribution >= 0.6 is 0 Å². The first-order valence-corrected chi connectivity index (χ1v) is 5.93. The molecule has 0 spiro atoms. The molecular weight excluding hydrogens is 264 g/mol. The second-order valence-corrected chi connectivity index (χ2v) is 3.98. The number of likely N-dealkylation sites (N-methyl/N-ethyl adjacent to an activating group) is 1. The van der Waals surface area contributed by atoms with Crippen molar-refractivity contribution in [2.24, 2.45) is 5.73 Å². The number of carbonyl (C=O) groups excluding carboxylic acids is 2. The average molecular weight is 280 g/mol. The number of carboxylic acids is 1. The van der Waals surface area contributed by atoms with E-state index in [1.807, 2.05) is 0 Å². The van der Waals surface area contributed by atoms with Crippen molar-refractivity contribution in [3.05, 3.63) is 29.6 Å². The third kappa shape index (κ3) is 4.56. The molecule has 0 aromatic carbocycles. The van der Waals surface area contributed by atoms with Gasteiger partial charge in [-0.1, -0.05) is 0 Å². The van der Waals surface area contributed by atoms with Crippen LogP contribution in [0.4, 0.5) is 4.79 Å². The summed E-state index contributed by atoms with van der Waals surface area (Å²) in [5, 5.41) is 11.4. The van der Waals surface area contributed by atoms with Gasteiger partial charge in [-0.3, -0.25) is 9.78 Å². The summed E-state index contributed by atoms with van der Waals surface area (Å²) >= 11 is 0. The largest absolute Gasteiger partial charge is 0.478 e. The number of aromatic nitrogens is 1. The molecule has 0 aliphatic carbocycles. The van der Waals surface area contributed by atoms with Gasteiger partial charge in [0, 0.05) is 12.7 Å². The molecular formula is C12H16N4O4. The summed E-state index contributed by atoms with van der Waals surface area (Å²) in [5.74, 6) is -1.67. The topological polar surface area (TPSA) is 126 Å². The first kappa shape index (κ1) is 15.4. The second kappa shape index (κ2) is 7.07. The van der Waals surface area contributed by atoms with Gasteiger partial charge in [0.25, 0.3) is 0 Å². The second-order valence-electron chi connectivity index (χ2n) is 3.98. The van der Waals surface area contributed by atoms with Gasteiger partial charge in [0.05, 0.1) is 17.8 Å². The van der Waals surface area contributed by atoms with Gasteiger partial charge in [-0.2, -0.15) is 0 Å². The van der Waals surface area contributed by atoms with Gasteiger partial charge in [0.15, 0.2) is 0 Å². The van der Waals surface area contributed by atoms with E-state index in [0.29, 0.717) is 12.2 Å². The van der Waals surface area contributed by atoms with E-state index in [1.165, 1.54) is 23.2 Å². The molecule has 4 N–H and O–H groups in total. The summed E-state index contributed by atoms with van der Waals surface area (Å²) in [6.45, 7) is 1.93. The molecule has 0 fully saturated rings. The lowest BCUT2D eigenvalue weighted by Gasteiger charge is -2.19. The summed E-state index contributed by atoms with van der Waals surface area (Å²) < 4.78 is 0. The van der Waals surface area contributed by atoms with Gasteiger partial charge < -0.3 is 21.1 Å². The van der Waals surface area contributed by atoms with Crippen LogP contribution in [0.25, 0.3) is 0 Å². The smallest absolute Gasteiger partial charge is 0.335 e. The lowest BCUT2D eigenvalue weighted by Crippen LogP contribution is -2.44. The number of urea groups is 1. The van der Waals surface area contributed by atoms with Crippen molar-refractivity contribution < 1.29 is 19.5 Å². The Morgan fingerprint density at radius 3 is 2.70 bits per heavy atom. The first-order chi connectivity index (χ1) is 9.43. The minimum Gasteiger partial charge on any atom is -0.478 e. The Balaban J connectivity index is 2.62. The molecule has 8 nitrogen and oxygen atoms in total. The molecule has 1 rings (SSSR count). The monoisotopic (exact) mass is 280 g/mol. The highest BCUT2D eigenvalue weighted by molar-refractivity contribution is 5.87. The molecule has 1 heterocycles. The number of nitrogens with zero attached hydrogens (tertiary/aromatic N) is 2. The Labute approximate surface area is 115 Å². The number of hydrogen-bond acceptors (Lipinski definition) is 4. The van der Waals surface area contributed by atoms with Crippen LogP contribution in [0.15, 0.2) is 18.3 Å². The van der Waals surface area contributed by atoms with Crippen molar-refractivity contribution in [3.8, 4) is 0 Å². The van der Waals surface area contributed by atoms with Crippen LogP contribution in [0.3, 0.4) is 0 Å². The van der Waals surface area contributed by atoms with E-state index in [4.69, 9.17) is 10.8 Å². The van der Waals surface area contributed by atoms with Crippen LogP contribution in [0.2, 0.25) is 0 Å².